The van der Waals surface area contributed by atoms with E-state index in [0.717, 1.165) is 23.8 Å². The van der Waals surface area contributed by atoms with Crippen LogP contribution in [-0.4, -0.2) is 51.2 Å². The molecule has 0 amide bonds. The van der Waals surface area contributed by atoms with Gasteiger partial charge in [0, 0.05) is 31.4 Å². The van der Waals surface area contributed by atoms with Gasteiger partial charge < -0.3 is 15.3 Å². The molecule has 2 N–H and O–H groups in total. The van der Waals surface area contributed by atoms with Crippen LogP contribution in [0.1, 0.15) is 19.3 Å². The number of piperidine rings is 1. The van der Waals surface area contributed by atoms with Gasteiger partial charge in [0.2, 0.25) is 5.13 Å². The fraction of sp³-hybridized carbons (Fsp3) is 0.409. The Kier molecular flexibility index (Phi) is 5.42. The van der Waals surface area contributed by atoms with Gasteiger partial charge in [0.05, 0.1) is 11.6 Å². The van der Waals surface area contributed by atoms with Crippen molar-refractivity contribution < 1.29 is 13.9 Å². The van der Waals surface area contributed by atoms with E-state index in [0.29, 0.717) is 32.9 Å². The summed E-state index contributed by atoms with van der Waals surface area (Å²) in [5, 5.41) is 23.5. The molecule has 0 saturated carbocycles. The van der Waals surface area contributed by atoms with Crippen LogP contribution in [0.2, 0.25) is 0 Å². The molecule has 2 aliphatic heterocycles. The Bertz CT molecular complexity index is 1200. The zero-order valence-electron chi connectivity index (χ0n) is 17.4. The third-order valence-corrected chi connectivity index (χ3v) is 7.50. The number of rotatable bonds is 5. The molecule has 5 rings (SSSR count). The van der Waals surface area contributed by atoms with Crippen LogP contribution in [0.5, 0.6) is 5.75 Å². The number of hydrogen-bond acceptors (Lipinski definition) is 7. The molecule has 0 aliphatic carbocycles. The normalized spacial score (nSPS) is 24.6. The number of aromatic nitrogens is 3. The predicted molar refractivity (Wildman–Crippen MR) is 119 cm³/mol. The Labute approximate surface area is 187 Å². The summed E-state index contributed by atoms with van der Waals surface area (Å²) in [5.74, 6) is -0.00852. The van der Waals surface area contributed by atoms with Crippen LogP contribution in [0.4, 0.5) is 13.9 Å². The lowest BCUT2D eigenvalue weighted by molar-refractivity contribution is 0.176. The fourth-order valence-corrected chi connectivity index (χ4v) is 5.53. The number of anilines is 1. The molecule has 168 valence electrons. The zero-order chi connectivity index (χ0) is 22.4. The number of nitrogens with one attached hydrogen (secondary N) is 1. The van der Waals surface area contributed by atoms with Crippen LogP contribution in [0.15, 0.2) is 41.3 Å². The smallest absolute Gasteiger partial charge is 0.253 e. The minimum absolute atomic E-state index is 0.00852. The number of phenolic OH excluding ortho intramolecular Hbond substituents is 1. The van der Waals surface area contributed by atoms with E-state index in [1.807, 2.05) is 11.9 Å². The maximum absolute atomic E-state index is 14.9. The molecular weight excluding hydrogens is 436 g/mol. The van der Waals surface area contributed by atoms with Crippen LogP contribution in [-0.2, 0) is 6.80 Å². The van der Waals surface area contributed by atoms with Crippen molar-refractivity contribution in [3.8, 4) is 27.4 Å². The molecule has 0 radical (unpaired) electrons. The molecule has 2 aromatic heterocycles. The number of halogens is 2. The van der Waals surface area contributed by atoms with E-state index in [4.69, 9.17) is 0 Å². The van der Waals surface area contributed by atoms with Gasteiger partial charge in [0.25, 0.3) is 5.56 Å². The quantitative estimate of drug-likeness (QED) is 0.609. The van der Waals surface area contributed by atoms with E-state index in [2.05, 4.69) is 15.5 Å². The molecule has 1 aromatic carbocycles. The van der Waals surface area contributed by atoms with Crippen LogP contribution in [0.25, 0.3) is 21.7 Å². The Morgan fingerprint density at radius 3 is 2.81 bits per heavy atom. The molecule has 0 spiro atoms. The second kappa shape index (κ2) is 8.25. The first-order valence-corrected chi connectivity index (χ1v) is 11.3. The lowest BCUT2D eigenvalue weighted by Gasteiger charge is -2.38. The lowest BCUT2D eigenvalue weighted by atomic mass is 9.97. The van der Waals surface area contributed by atoms with Gasteiger partial charge in [-0.2, -0.15) is 0 Å². The Balaban J connectivity index is 1.38. The molecule has 4 heterocycles. The number of alkyl halides is 2. The average Bonchev–Trinajstić information content (AvgIpc) is 3.44. The van der Waals surface area contributed by atoms with E-state index < -0.39 is 18.5 Å². The fourth-order valence-electron chi connectivity index (χ4n) is 4.64. The van der Waals surface area contributed by atoms with Crippen LogP contribution >= 0.6 is 11.3 Å². The Hall–Kier alpha value is -2.85. The summed E-state index contributed by atoms with van der Waals surface area (Å²) in [6.45, 7) is -0.890. The molecule has 2 fully saturated rings. The van der Waals surface area contributed by atoms with Crippen molar-refractivity contribution >= 4 is 16.5 Å². The van der Waals surface area contributed by atoms with Crippen molar-refractivity contribution in [2.24, 2.45) is 0 Å². The molecule has 10 heteroatoms. The molecular formula is C22H23F2N5O2S. The van der Waals surface area contributed by atoms with Gasteiger partial charge in [0.15, 0.2) is 11.8 Å². The summed E-state index contributed by atoms with van der Waals surface area (Å²) in [7, 11) is 1.84. The molecule has 2 unspecified atom stereocenters. The predicted octanol–water partition coefficient (Wildman–Crippen LogP) is 3.33. The first kappa shape index (κ1) is 21.0. The summed E-state index contributed by atoms with van der Waals surface area (Å²) in [4.78, 5) is 13.8. The maximum atomic E-state index is 14.9. The van der Waals surface area contributed by atoms with E-state index in [-0.39, 0.29) is 17.8 Å². The number of pyridine rings is 1. The van der Waals surface area contributed by atoms with Gasteiger partial charge in [-0.05, 0) is 48.6 Å². The third kappa shape index (κ3) is 3.67. The first-order valence-electron chi connectivity index (χ1n) is 10.5. The second-order valence-electron chi connectivity index (χ2n) is 8.37. The number of benzene rings is 1. The highest BCUT2D eigenvalue weighted by molar-refractivity contribution is 7.18. The molecule has 2 bridgehead atoms. The monoisotopic (exact) mass is 459 g/mol. The van der Waals surface area contributed by atoms with E-state index in [1.165, 1.54) is 29.7 Å². The number of nitrogens with zero attached hydrogens (tertiary/aromatic N) is 4. The van der Waals surface area contributed by atoms with E-state index in [1.54, 1.807) is 18.2 Å². The topological polar surface area (TPSA) is 83.3 Å². The number of aromatic hydroxyl groups is 1. The summed E-state index contributed by atoms with van der Waals surface area (Å²) < 4.78 is 28.6. The molecule has 32 heavy (non-hydrogen) atoms. The summed E-state index contributed by atoms with van der Waals surface area (Å²) in [6.07, 6.45) is 3.00. The van der Waals surface area contributed by atoms with Gasteiger partial charge in [-0.3, -0.25) is 9.36 Å². The zero-order valence-corrected chi connectivity index (χ0v) is 18.2. The standard InChI is InChI=1S/C22H23F2N5O2S/c1-28(17-10-14-3-5-16(25-14)20(17)24)22-27-26-21(32-22)15-4-2-12(8-18(15)30)13-6-7-29(11-23)19(31)9-13/h2,4,6-9,14,16-17,20,25,30H,3,5,10-11H2,1H3/t14?,16?,17-,20+/m1/s1. The second-order valence-corrected chi connectivity index (χ2v) is 9.33. The van der Waals surface area contributed by atoms with Gasteiger partial charge in [-0.15, -0.1) is 10.2 Å². The van der Waals surface area contributed by atoms with Crippen LogP contribution in [0, 0.1) is 0 Å². The molecule has 2 saturated heterocycles. The van der Waals surface area contributed by atoms with Crippen molar-refractivity contribution in [1.29, 1.82) is 0 Å². The number of fused-ring (bicyclic) bond motifs is 2. The highest BCUT2D eigenvalue weighted by Gasteiger charge is 2.44. The third-order valence-electron chi connectivity index (χ3n) is 6.45. The van der Waals surface area contributed by atoms with Crippen LogP contribution < -0.4 is 15.8 Å². The Morgan fingerprint density at radius 1 is 1.25 bits per heavy atom. The molecule has 3 aromatic rings. The SMILES string of the molecule is CN(c1nnc(-c2ccc(-c3ccn(CF)c(=O)c3)cc2O)s1)[C@@H]1CC2CCC(N2)[C@@H]1F. The van der Waals surface area contributed by atoms with Crippen molar-refractivity contribution in [2.45, 2.75) is 50.4 Å². The number of phenols is 1. The van der Waals surface area contributed by atoms with Gasteiger partial charge in [-0.1, -0.05) is 17.4 Å². The van der Waals surface area contributed by atoms with Crippen molar-refractivity contribution in [1.82, 2.24) is 20.1 Å². The molecule has 2 aliphatic rings. The lowest BCUT2D eigenvalue weighted by Crippen LogP contribution is -2.55. The van der Waals surface area contributed by atoms with Gasteiger partial charge in [0.1, 0.15) is 11.9 Å². The summed E-state index contributed by atoms with van der Waals surface area (Å²) in [6, 6.07) is 7.94. The largest absolute Gasteiger partial charge is 0.507 e. The van der Waals surface area contributed by atoms with E-state index in [9.17, 15) is 18.7 Å². The first-order chi connectivity index (χ1) is 15.4. The van der Waals surface area contributed by atoms with Crippen LogP contribution in [0.3, 0.4) is 0 Å². The molecule has 7 nitrogen and oxygen atoms in total. The highest BCUT2D eigenvalue weighted by Crippen LogP contribution is 2.39. The molecule has 4 atom stereocenters. The van der Waals surface area contributed by atoms with E-state index >= 15 is 0 Å². The van der Waals surface area contributed by atoms with Crippen molar-refractivity contribution in [3.63, 3.8) is 0 Å². The van der Waals surface area contributed by atoms with Crippen molar-refractivity contribution in [3.05, 3.63) is 46.9 Å². The van der Waals surface area contributed by atoms with Crippen molar-refractivity contribution in [2.75, 3.05) is 11.9 Å². The minimum atomic E-state index is -0.966. The average molecular weight is 460 g/mol. The van der Waals surface area contributed by atoms with Gasteiger partial charge >= 0.3 is 0 Å². The highest BCUT2D eigenvalue weighted by atomic mass is 32.1. The minimum Gasteiger partial charge on any atom is -0.507 e. The summed E-state index contributed by atoms with van der Waals surface area (Å²) >= 11 is 1.30. The summed E-state index contributed by atoms with van der Waals surface area (Å²) in [5.41, 5.74) is 1.25. The number of hydrogen-bond donors (Lipinski definition) is 2. The maximum Gasteiger partial charge on any atom is 0.253 e. The Morgan fingerprint density at radius 2 is 2.06 bits per heavy atom. The van der Waals surface area contributed by atoms with Gasteiger partial charge in [-0.25, -0.2) is 8.78 Å².